The summed E-state index contributed by atoms with van der Waals surface area (Å²) in [5.74, 6) is -2.29. The van der Waals surface area contributed by atoms with Gasteiger partial charge in [0, 0.05) is 34.9 Å². The van der Waals surface area contributed by atoms with E-state index in [1.165, 1.54) is 43.5 Å². The van der Waals surface area contributed by atoms with Crippen LogP contribution in [0.15, 0.2) is 36.5 Å². The molecule has 0 amide bonds. The van der Waals surface area contributed by atoms with Crippen LogP contribution >= 0.6 is 11.6 Å². The number of nitrogens with one attached hydrogen (secondary N) is 1. The number of hydrogen-bond acceptors (Lipinski definition) is 4. The summed E-state index contributed by atoms with van der Waals surface area (Å²) in [7, 11) is 0. The van der Waals surface area contributed by atoms with E-state index >= 15 is 4.39 Å². The lowest BCUT2D eigenvalue weighted by Gasteiger charge is -2.36. The minimum atomic E-state index is -0.979. The number of anilines is 1. The van der Waals surface area contributed by atoms with Crippen molar-refractivity contribution in [1.29, 1.82) is 5.26 Å². The predicted octanol–water partition coefficient (Wildman–Crippen LogP) is 5.36. The third-order valence-corrected chi connectivity index (χ3v) is 6.07. The Hall–Kier alpha value is -3.57. The molecule has 0 spiro atoms. The third-order valence-electron chi connectivity index (χ3n) is 5.78. The zero-order chi connectivity index (χ0) is 22.6. The average Bonchev–Trinajstić information content (AvgIpc) is 3.15. The molecule has 1 aliphatic heterocycles. The molecule has 0 saturated carbocycles. The van der Waals surface area contributed by atoms with E-state index in [1.54, 1.807) is 4.90 Å². The van der Waals surface area contributed by atoms with Crippen molar-refractivity contribution < 1.29 is 13.2 Å². The van der Waals surface area contributed by atoms with E-state index in [4.69, 9.17) is 11.6 Å². The van der Waals surface area contributed by atoms with Gasteiger partial charge >= 0.3 is 0 Å². The molecule has 2 aromatic heterocycles. The fraction of sp³-hybridized carbons (Fsp3) is 0.174. The normalized spacial score (nSPS) is 15.6. The molecular formula is C23H15ClF3N5. The van der Waals surface area contributed by atoms with Gasteiger partial charge in [-0.15, -0.1) is 0 Å². The number of H-pyrrole nitrogens is 1. The number of halogens is 4. The van der Waals surface area contributed by atoms with Gasteiger partial charge in [0.1, 0.15) is 23.6 Å². The molecule has 0 bridgehead atoms. The SMILES string of the molecule is Cc1ccc(C2c3[nH]c4cc(F)c(Cl)cc4c3CCN2c2nccc(C#N)n2)c(F)c1F. The molecule has 5 rings (SSSR count). The smallest absolute Gasteiger partial charge is 0.227 e. The molecule has 1 unspecified atom stereocenters. The number of rotatable bonds is 2. The Morgan fingerprint density at radius 1 is 1.19 bits per heavy atom. The summed E-state index contributed by atoms with van der Waals surface area (Å²) in [6.07, 6.45) is 1.95. The molecular weight excluding hydrogens is 439 g/mol. The molecule has 1 N–H and O–H groups in total. The molecule has 0 radical (unpaired) electrons. The van der Waals surface area contributed by atoms with Crippen molar-refractivity contribution in [2.75, 3.05) is 11.4 Å². The van der Waals surface area contributed by atoms with E-state index in [0.29, 0.717) is 24.2 Å². The first kappa shape index (κ1) is 20.3. The van der Waals surface area contributed by atoms with E-state index < -0.39 is 23.5 Å². The van der Waals surface area contributed by atoms with Crippen molar-refractivity contribution in [1.82, 2.24) is 15.0 Å². The molecule has 1 atom stereocenters. The maximum absolute atomic E-state index is 15.2. The minimum absolute atomic E-state index is 0.0177. The second-order valence-electron chi connectivity index (χ2n) is 7.63. The van der Waals surface area contributed by atoms with Crippen LogP contribution in [0.2, 0.25) is 5.02 Å². The van der Waals surface area contributed by atoms with Crippen molar-refractivity contribution in [3.63, 3.8) is 0 Å². The topological polar surface area (TPSA) is 68.6 Å². The van der Waals surface area contributed by atoms with Gasteiger partial charge in [-0.2, -0.15) is 5.26 Å². The quantitative estimate of drug-likeness (QED) is 0.443. The van der Waals surface area contributed by atoms with Crippen LogP contribution in [0, 0.1) is 35.7 Å². The monoisotopic (exact) mass is 453 g/mol. The van der Waals surface area contributed by atoms with Crippen LogP contribution in [0.5, 0.6) is 0 Å². The van der Waals surface area contributed by atoms with Crippen LogP contribution in [0.25, 0.3) is 10.9 Å². The highest BCUT2D eigenvalue weighted by Gasteiger charge is 2.36. The van der Waals surface area contributed by atoms with Crippen molar-refractivity contribution in [3.05, 3.63) is 87.1 Å². The van der Waals surface area contributed by atoms with Crippen LogP contribution in [0.1, 0.15) is 34.1 Å². The second kappa shape index (κ2) is 7.53. The van der Waals surface area contributed by atoms with Crippen molar-refractivity contribution in [3.8, 4) is 6.07 Å². The number of fused-ring (bicyclic) bond motifs is 3. The Morgan fingerprint density at radius 2 is 2.00 bits per heavy atom. The van der Waals surface area contributed by atoms with Gasteiger partial charge in [-0.25, -0.2) is 23.1 Å². The Labute approximate surface area is 186 Å². The first-order valence-electron chi connectivity index (χ1n) is 9.82. The Kier molecular flexibility index (Phi) is 4.79. The fourth-order valence-electron chi connectivity index (χ4n) is 4.25. The predicted molar refractivity (Wildman–Crippen MR) is 114 cm³/mol. The van der Waals surface area contributed by atoms with Crippen LogP contribution in [-0.2, 0) is 6.42 Å². The first-order valence-corrected chi connectivity index (χ1v) is 10.2. The van der Waals surface area contributed by atoms with Crippen molar-refractivity contribution in [2.24, 2.45) is 0 Å². The molecule has 32 heavy (non-hydrogen) atoms. The number of benzene rings is 2. The minimum Gasteiger partial charge on any atom is -0.356 e. The van der Waals surface area contributed by atoms with E-state index in [-0.39, 0.29) is 27.8 Å². The highest BCUT2D eigenvalue weighted by atomic mass is 35.5. The standard InChI is InChI=1S/C23H15ClF3N5/c1-11-2-3-14(20(27)19(11)26)22-21-13(15-8-16(24)17(25)9-18(15)31-21)5-7-32(22)23-29-6-4-12(10-28)30-23/h2-4,6,8-9,22,31H,5,7H2,1H3. The summed E-state index contributed by atoms with van der Waals surface area (Å²) in [4.78, 5) is 13.4. The number of aromatic amines is 1. The van der Waals surface area contributed by atoms with Crippen molar-refractivity contribution in [2.45, 2.75) is 19.4 Å². The highest BCUT2D eigenvalue weighted by Crippen LogP contribution is 2.42. The first-order chi connectivity index (χ1) is 15.4. The van der Waals surface area contributed by atoms with Crippen LogP contribution in [0.3, 0.4) is 0 Å². The molecule has 9 heteroatoms. The van der Waals surface area contributed by atoms with Gasteiger partial charge in [0.15, 0.2) is 11.6 Å². The zero-order valence-corrected chi connectivity index (χ0v) is 17.5. The number of aromatic nitrogens is 3. The lowest BCUT2D eigenvalue weighted by Crippen LogP contribution is -2.38. The van der Waals surface area contributed by atoms with Gasteiger partial charge < -0.3 is 9.88 Å². The highest BCUT2D eigenvalue weighted by molar-refractivity contribution is 6.31. The van der Waals surface area contributed by atoms with Gasteiger partial charge in [-0.3, -0.25) is 0 Å². The number of nitriles is 1. The maximum atomic E-state index is 15.2. The van der Waals surface area contributed by atoms with Gasteiger partial charge in [-0.1, -0.05) is 23.7 Å². The Balaban J connectivity index is 1.77. The fourth-order valence-corrected chi connectivity index (χ4v) is 4.41. The molecule has 3 heterocycles. The third kappa shape index (κ3) is 3.09. The Morgan fingerprint density at radius 3 is 2.78 bits per heavy atom. The number of aryl methyl sites for hydroxylation is 1. The summed E-state index contributed by atoms with van der Waals surface area (Å²) in [5.41, 5.74) is 2.32. The van der Waals surface area contributed by atoms with E-state index in [2.05, 4.69) is 15.0 Å². The van der Waals surface area contributed by atoms with Gasteiger partial charge in [0.2, 0.25) is 5.95 Å². The molecule has 160 valence electrons. The molecule has 0 saturated heterocycles. The molecule has 4 aromatic rings. The lowest BCUT2D eigenvalue weighted by molar-refractivity contribution is 0.481. The summed E-state index contributed by atoms with van der Waals surface area (Å²) in [5, 5.41) is 9.94. The summed E-state index contributed by atoms with van der Waals surface area (Å²) in [6.45, 7) is 1.85. The lowest BCUT2D eigenvalue weighted by atomic mass is 9.91. The maximum Gasteiger partial charge on any atom is 0.227 e. The molecule has 0 fully saturated rings. The Bertz CT molecular complexity index is 1430. The summed E-state index contributed by atoms with van der Waals surface area (Å²) < 4.78 is 43.8. The second-order valence-corrected chi connectivity index (χ2v) is 8.04. The average molecular weight is 454 g/mol. The van der Waals surface area contributed by atoms with Crippen molar-refractivity contribution >= 4 is 28.5 Å². The van der Waals surface area contributed by atoms with Crippen LogP contribution in [-0.4, -0.2) is 21.5 Å². The van der Waals surface area contributed by atoms with Gasteiger partial charge in [0.05, 0.1) is 5.02 Å². The molecule has 2 aromatic carbocycles. The summed E-state index contributed by atoms with van der Waals surface area (Å²) >= 11 is 6.00. The van der Waals surface area contributed by atoms with Gasteiger partial charge in [0.25, 0.3) is 0 Å². The summed E-state index contributed by atoms with van der Waals surface area (Å²) in [6, 6.07) is 8.46. The van der Waals surface area contributed by atoms with E-state index in [9.17, 15) is 14.0 Å². The van der Waals surface area contributed by atoms with Crippen LogP contribution in [0.4, 0.5) is 19.1 Å². The molecule has 0 aliphatic carbocycles. The zero-order valence-electron chi connectivity index (χ0n) is 16.8. The molecule has 5 nitrogen and oxygen atoms in total. The van der Waals surface area contributed by atoms with Crippen LogP contribution < -0.4 is 4.90 Å². The van der Waals surface area contributed by atoms with E-state index in [1.807, 2.05) is 6.07 Å². The molecule has 1 aliphatic rings. The van der Waals surface area contributed by atoms with E-state index in [0.717, 1.165) is 10.9 Å². The van der Waals surface area contributed by atoms with Gasteiger partial charge in [-0.05, 0) is 42.7 Å². The largest absolute Gasteiger partial charge is 0.356 e. The number of hydrogen-bond donors (Lipinski definition) is 1. The number of nitrogens with zero attached hydrogens (tertiary/aromatic N) is 4.